The SMILES string of the molecule is Cc1[nH]c2ccc(NC(=O)c3cc(N4CCCCC4)cc(N4CCOCC4)n3)cc2c1C. The molecule has 2 aliphatic heterocycles. The minimum Gasteiger partial charge on any atom is -0.378 e. The molecule has 168 valence electrons. The van der Waals surface area contributed by atoms with E-state index in [2.05, 4.69) is 40.0 Å². The van der Waals surface area contributed by atoms with Crippen LogP contribution in [0.1, 0.15) is 41.0 Å². The second kappa shape index (κ2) is 8.82. The van der Waals surface area contributed by atoms with Crippen LogP contribution >= 0.6 is 0 Å². The number of pyridine rings is 1. The van der Waals surface area contributed by atoms with Crippen LogP contribution in [0.2, 0.25) is 0 Å². The molecule has 2 aromatic heterocycles. The standard InChI is InChI=1S/C25H31N5O2/c1-17-18(2)26-22-7-6-19(14-21(17)22)27-25(31)23-15-20(29-8-4-3-5-9-29)16-24(28-23)30-10-12-32-13-11-30/h6-7,14-16,26H,3-5,8-13H2,1-2H3,(H,27,31). The molecule has 2 fully saturated rings. The maximum Gasteiger partial charge on any atom is 0.274 e. The molecule has 0 aliphatic carbocycles. The Kier molecular flexibility index (Phi) is 5.74. The first kappa shape index (κ1) is 20.8. The summed E-state index contributed by atoms with van der Waals surface area (Å²) in [6.07, 6.45) is 3.64. The fraction of sp³-hybridized carbons (Fsp3) is 0.440. The van der Waals surface area contributed by atoms with E-state index in [1.165, 1.54) is 24.8 Å². The minimum absolute atomic E-state index is 0.178. The van der Waals surface area contributed by atoms with E-state index < -0.39 is 0 Å². The summed E-state index contributed by atoms with van der Waals surface area (Å²) < 4.78 is 5.51. The number of anilines is 3. The molecule has 3 aromatic rings. The molecule has 2 saturated heterocycles. The van der Waals surface area contributed by atoms with Crippen LogP contribution in [0.5, 0.6) is 0 Å². The average Bonchev–Trinajstić information content (AvgIpc) is 3.13. The number of carbonyl (C=O) groups is 1. The maximum absolute atomic E-state index is 13.3. The zero-order valence-corrected chi connectivity index (χ0v) is 18.9. The Morgan fingerprint density at radius 1 is 1.00 bits per heavy atom. The third kappa shape index (κ3) is 4.17. The number of nitrogens with zero attached hydrogens (tertiary/aromatic N) is 3. The number of piperidine rings is 1. The number of aromatic amines is 1. The number of H-pyrrole nitrogens is 1. The zero-order valence-electron chi connectivity index (χ0n) is 18.9. The molecule has 2 N–H and O–H groups in total. The molecule has 0 bridgehead atoms. The van der Waals surface area contributed by atoms with Gasteiger partial charge in [0.2, 0.25) is 0 Å². The number of morpholine rings is 1. The van der Waals surface area contributed by atoms with Crippen molar-refractivity contribution in [3.05, 3.63) is 47.3 Å². The highest BCUT2D eigenvalue weighted by Crippen LogP contribution is 2.28. The van der Waals surface area contributed by atoms with Crippen LogP contribution in [-0.4, -0.2) is 55.3 Å². The number of ether oxygens (including phenoxy) is 1. The molecule has 5 rings (SSSR count). The van der Waals surface area contributed by atoms with Crippen molar-refractivity contribution in [2.45, 2.75) is 33.1 Å². The number of hydrogen-bond donors (Lipinski definition) is 2. The fourth-order valence-electron chi connectivity index (χ4n) is 4.64. The van der Waals surface area contributed by atoms with Crippen molar-refractivity contribution in [3.8, 4) is 0 Å². The van der Waals surface area contributed by atoms with E-state index in [0.29, 0.717) is 18.9 Å². The van der Waals surface area contributed by atoms with Crippen molar-refractivity contribution in [2.24, 2.45) is 0 Å². The van der Waals surface area contributed by atoms with Crippen molar-refractivity contribution < 1.29 is 9.53 Å². The molecule has 4 heterocycles. The number of aromatic nitrogens is 2. The molecular formula is C25H31N5O2. The summed E-state index contributed by atoms with van der Waals surface area (Å²) in [6.45, 7) is 9.17. The van der Waals surface area contributed by atoms with Gasteiger partial charge in [0.05, 0.1) is 13.2 Å². The van der Waals surface area contributed by atoms with Gasteiger partial charge in [-0.25, -0.2) is 4.98 Å². The molecule has 0 saturated carbocycles. The van der Waals surface area contributed by atoms with Crippen LogP contribution in [0.3, 0.4) is 0 Å². The summed E-state index contributed by atoms with van der Waals surface area (Å²) in [6, 6.07) is 10.1. The van der Waals surface area contributed by atoms with Gasteiger partial charge in [0, 0.05) is 60.2 Å². The Bertz CT molecular complexity index is 1090. The lowest BCUT2D eigenvalue weighted by Crippen LogP contribution is -2.37. The highest BCUT2D eigenvalue weighted by atomic mass is 16.5. The summed E-state index contributed by atoms with van der Waals surface area (Å²) in [4.78, 5) is 26.0. The van der Waals surface area contributed by atoms with E-state index in [1.807, 2.05) is 24.3 Å². The van der Waals surface area contributed by atoms with Gasteiger partial charge < -0.3 is 24.8 Å². The molecule has 0 unspecified atom stereocenters. The van der Waals surface area contributed by atoms with Gasteiger partial charge in [0.25, 0.3) is 5.91 Å². The molecule has 1 aromatic carbocycles. The van der Waals surface area contributed by atoms with E-state index in [-0.39, 0.29) is 5.91 Å². The van der Waals surface area contributed by atoms with Gasteiger partial charge in [-0.3, -0.25) is 4.79 Å². The van der Waals surface area contributed by atoms with Crippen LogP contribution in [-0.2, 0) is 4.74 Å². The largest absolute Gasteiger partial charge is 0.378 e. The lowest BCUT2D eigenvalue weighted by Gasteiger charge is -2.32. The number of carbonyl (C=O) groups excluding carboxylic acids is 1. The van der Waals surface area contributed by atoms with Crippen molar-refractivity contribution >= 4 is 34.0 Å². The third-order valence-electron chi connectivity index (χ3n) is 6.65. The lowest BCUT2D eigenvalue weighted by molar-refractivity contribution is 0.102. The summed E-state index contributed by atoms with van der Waals surface area (Å²) in [5.41, 5.74) is 5.75. The van der Waals surface area contributed by atoms with Gasteiger partial charge in [-0.2, -0.15) is 0 Å². The molecule has 0 atom stereocenters. The van der Waals surface area contributed by atoms with Gasteiger partial charge in [0.1, 0.15) is 11.5 Å². The number of nitrogens with one attached hydrogen (secondary N) is 2. The van der Waals surface area contributed by atoms with Gasteiger partial charge in [-0.1, -0.05) is 0 Å². The van der Waals surface area contributed by atoms with Crippen LogP contribution in [0.25, 0.3) is 10.9 Å². The third-order valence-corrected chi connectivity index (χ3v) is 6.65. The minimum atomic E-state index is -0.178. The van der Waals surface area contributed by atoms with Crippen molar-refractivity contribution in [1.29, 1.82) is 0 Å². The Morgan fingerprint density at radius 3 is 2.56 bits per heavy atom. The molecular weight excluding hydrogens is 402 g/mol. The molecule has 32 heavy (non-hydrogen) atoms. The van der Waals surface area contributed by atoms with E-state index in [1.54, 1.807) is 0 Å². The monoisotopic (exact) mass is 433 g/mol. The number of aryl methyl sites for hydroxylation is 2. The van der Waals surface area contributed by atoms with E-state index in [9.17, 15) is 4.79 Å². The molecule has 7 nitrogen and oxygen atoms in total. The Hall–Kier alpha value is -3.06. The lowest BCUT2D eigenvalue weighted by atomic mass is 10.1. The summed E-state index contributed by atoms with van der Waals surface area (Å²) >= 11 is 0. The van der Waals surface area contributed by atoms with Gasteiger partial charge in [-0.05, 0) is 62.9 Å². The average molecular weight is 434 g/mol. The summed E-state index contributed by atoms with van der Waals surface area (Å²) in [7, 11) is 0. The van der Waals surface area contributed by atoms with Crippen LogP contribution in [0.4, 0.5) is 17.2 Å². The van der Waals surface area contributed by atoms with Crippen LogP contribution < -0.4 is 15.1 Å². The van der Waals surface area contributed by atoms with E-state index in [0.717, 1.165) is 60.0 Å². The first-order chi connectivity index (χ1) is 15.6. The molecule has 2 aliphatic rings. The van der Waals surface area contributed by atoms with Gasteiger partial charge >= 0.3 is 0 Å². The summed E-state index contributed by atoms with van der Waals surface area (Å²) in [5.74, 6) is 0.678. The molecule has 1 amide bonds. The topological polar surface area (TPSA) is 73.5 Å². The number of fused-ring (bicyclic) bond motifs is 1. The highest BCUT2D eigenvalue weighted by Gasteiger charge is 2.20. The second-order valence-electron chi connectivity index (χ2n) is 8.81. The molecule has 7 heteroatoms. The quantitative estimate of drug-likeness (QED) is 0.643. The maximum atomic E-state index is 13.3. The first-order valence-electron chi connectivity index (χ1n) is 11.6. The van der Waals surface area contributed by atoms with E-state index in [4.69, 9.17) is 9.72 Å². The Balaban J connectivity index is 1.45. The first-order valence-corrected chi connectivity index (χ1v) is 11.6. The smallest absolute Gasteiger partial charge is 0.274 e. The van der Waals surface area contributed by atoms with Crippen molar-refractivity contribution in [2.75, 3.05) is 54.5 Å². The fourth-order valence-corrected chi connectivity index (χ4v) is 4.64. The summed E-state index contributed by atoms with van der Waals surface area (Å²) in [5, 5.41) is 4.20. The van der Waals surface area contributed by atoms with Crippen LogP contribution in [0, 0.1) is 13.8 Å². The number of benzene rings is 1. The number of hydrogen-bond acceptors (Lipinski definition) is 5. The van der Waals surface area contributed by atoms with Gasteiger partial charge in [-0.15, -0.1) is 0 Å². The van der Waals surface area contributed by atoms with Crippen molar-refractivity contribution in [3.63, 3.8) is 0 Å². The highest BCUT2D eigenvalue weighted by molar-refractivity contribution is 6.05. The van der Waals surface area contributed by atoms with Crippen LogP contribution in [0.15, 0.2) is 30.3 Å². The second-order valence-corrected chi connectivity index (χ2v) is 8.81. The molecule has 0 radical (unpaired) electrons. The predicted octanol–water partition coefficient (Wildman–Crippen LogP) is 4.26. The predicted molar refractivity (Wildman–Crippen MR) is 129 cm³/mol. The number of rotatable bonds is 4. The van der Waals surface area contributed by atoms with Crippen molar-refractivity contribution in [1.82, 2.24) is 9.97 Å². The van der Waals surface area contributed by atoms with E-state index >= 15 is 0 Å². The van der Waals surface area contributed by atoms with Gasteiger partial charge in [0.15, 0.2) is 0 Å². The normalized spacial score (nSPS) is 17.1. The zero-order chi connectivity index (χ0) is 22.1. The number of amides is 1. The molecule has 0 spiro atoms. The Labute approximate surface area is 188 Å². The Morgan fingerprint density at radius 2 is 1.78 bits per heavy atom.